The Labute approximate surface area is 67.0 Å². The molecular formula is C8H15N2O+. The summed E-state index contributed by atoms with van der Waals surface area (Å²) in [6.07, 6.45) is 2.30. The Bertz CT molecular complexity index is 193. The lowest BCUT2D eigenvalue weighted by Crippen LogP contribution is -2.62. The van der Waals surface area contributed by atoms with E-state index in [4.69, 9.17) is 0 Å². The molecule has 0 bridgehead atoms. The first kappa shape index (κ1) is 7.10. The van der Waals surface area contributed by atoms with Crippen LogP contribution in [0.15, 0.2) is 0 Å². The molecule has 2 fully saturated rings. The summed E-state index contributed by atoms with van der Waals surface area (Å²) in [4.78, 5) is 11.4. The lowest BCUT2D eigenvalue weighted by atomic mass is 10.1. The zero-order valence-corrected chi connectivity index (χ0v) is 6.97. The van der Waals surface area contributed by atoms with Gasteiger partial charge in [-0.15, -0.1) is 0 Å². The predicted octanol–water partition coefficient (Wildman–Crippen LogP) is -0.275. The van der Waals surface area contributed by atoms with Gasteiger partial charge in [0.2, 0.25) is 0 Å². The fourth-order valence-electron chi connectivity index (χ4n) is 2.35. The number of hydrogen-bond acceptors (Lipinski definition) is 1. The number of amides is 1. The lowest BCUT2D eigenvalue weighted by molar-refractivity contribution is -0.913. The van der Waals surface area contributed by atoms with Crippen LogP contribution in [0.4, 0.5) is 0 Å². The SMILES string of the molecule is C[N+]12CCC[C@@H]1C(=O)NCC2. The summed E-state index contributed by atoms with van der Waals surface area (Å²) in [5.74, 6) is 0.274. The van der Waals surface area contributed by atoms with Crippen LogP contribution in [-0.2, 0) is 4.79 Å². The van der Waals surface area contributed by atoms with Gasteiger partial charge in [0.1, 0.15) is 0 Å². The molecule has 2 rings (SSSR count). The van der Waals surface area contributed by atoms with Gasteiger partial charge < -0.3 is 9.80 Å². The Kier molecular flexibility index (Phi) is 1.42. The van der Waals surface area contributed by atoms with Crippen molar-refractivity contribution < 1.29 is 9.28 Å². The summed E-state index contributed by atoms with van der Waals surface area (Å²) < 4.78 is 0.992. The van der Waals surface area contributed by atoms with Crippen LogP contribution in [0.2, 0.25) is 0 Å². The first-order valence-electron chi connectivity index (χ1n) is 4.34. The molecule has 0 aliphatic carbocycles. The average Bonchev–Trinajstić information content (AvgIpc) is 2.31. The van der Waals surface area contributed by atoms with E-state index in [0.29, 0.717) is 0 Å². The molecule has 2 saturated heterocycles. The Hall–Kier alpha value is -0.570. The maximum atomic E-state index is 11.4. The van der Waals surface area contributed by atoms with E-state index in [0.717, 1.165) is 24.0 Å². The highest BCUT2D eigenvalue weighted by molar-refractivity contribution is 5.81. The van der Waals surface area contributed by atoms with Crippen LogP contribution in [-0.4, -0.2) is 43.1 Å². The van der Waals surface area contributed by atoms with Gasteiger partial charge in [-0.3, -0.25) is 4.79 Å². The summed E-state index contributed by atoms with van der Waals surface area (Å²) in [6.45, 7) is 3.18. The van der Waals surface area contributed by atoms with Gasteiger partial charge in [-0.05, 0) is 0 Å². The molecule has 0 aromatic heterocycles. The molecule has 0 radical (unpaired) electrons. The van der Waals surface area contributed by atoms with Crippen molar-refractivity contribution in [2.24, 2.45) is 0 Å². The van der Waals surface area contributed by atoms with Crippen molar-refractivity contribution in [2.45, 2.75) is 18.9 Å². The minimum absolute atomic E-state index is 0.267. The molecule has 0 aromatic rings. The minimum atomic E-state index is 0.267. The van der Waals surface area contributed by atoms with Gasteiger partial charge in [0, 0.05) is 12.8 Å². The van der Waals surface area contributed by atoms with Crippen LogP contribution in [0.5, 0.6) is 0 Å². The topological polar surface area (TPSA) is 29.1 Å². The Morgan fingerprint density at radius 1 is 1.55 bits per heavy atom. The first-order chi connectivity index (χ1) is 5.22. The van der Waals surface area contributed by atoms with E-state index in [1.165, 1.54) is 13.0 Å². The zero-order chi connectivity index (χ0) is 7.90. The summed E-state index contributed by atoms with van der Waals surface area (Å²) in [5, 5.41) is 2.92. The third kappa shape index (κ3) is 0.948. The van der Waals surface area contributed by atoms with Crippen molar-refractivity contribution in [3.63, 3.8) is 0 Å². The highest BCUT2D eigenvalue weighted by Gasteiger charge is 2.45. The largest absolute Gasteiger partial charge is 0.345 e. The number of piperazine rings is 1. The number of carbonyl (C=O) groups is 1. The van der Waals surface area contributed by atoms with Crippen LogP contribution in [0.25, 0.3) is 0 Å². The van der Waals surface area contributed by atoms with Gasteiger partial charge in [-0.2, -0.15) is 0 Å². The standard InChI is InChI=1S/C8H14N2O/c1-10-5-2-3-7(10)8(11)9-4-6-10/h7H,2-6H2,1H3/p+1/t7-,10?/m1/s1. The third-order valence-corrected chi connectivity index (χ3v) is 3.12. The minimum Gasteiger partial charge on any atom is -0.345 e. The maximum Gasteiger partial charge on any atom is 0.278 e. The van der Waals surface area contributed by atoms with Gasteiger partial charge in [0.15, 0.2) is 6.04 Å². The average molecular weight is 155 g/mol. The predicted molar refractivity (Wildman–Crippen MR) is 42.0 cm³/mol. The van der Waals surface area contributed by atoms with Crippen molar-refractivity contribution in [1.29, 1.82) is 0 Å². The van der Waals surface area contributed by atoms with Crippen molar-refractivity contribution in [3.05, 3.63) is 0 Å². The van der Waals surface area contributed by atoms with E-state index in [-0.39, 0.29) is 11.9 Å². The molecule has 62 valence electrons. The molecule has 3 nitrogen and oxygen atoms in total. The van der Waals surface area contributed by atoms with E-state index in [1.807, 2.05) is 0 Å². The van der Waals surface area contributed by atoms with Crippen LogP contribution in [0.1, 0.15) is 12.8 Å². The second-order valence-electron chi connectivity index (χ2n) is 3.88. The van der Waals surface area contributed by atoms with E-state index >= 15 is 0 Å². The Morgan fingerprint density at radius 2 is 2.36 bits per heavy atom. The molecule has 0 aromatic carbocycles. The van der Waals surface area contributed by atoms with Crippen LogP contribution in [0, 0.1) is 0 Å². The van der Waals surface area contributed by atoms with Gasteiger partial charge in [0.05, 0.1) is 26.7 Å². The summed E-state index contributed by atoms with van der Waals surface area (Å²) in [7, 11) is 2.20. The molecule has 1 N–H and O–H groups in total. The number of hydrogen-bond donors (Lipinski definition) is 1. The molecule has 2 aliphatic heterocycles. The van der Waals surface area contributed by atoms with Gasteiger partial charge in [-0.25, -0.2) is 0 Å². The number of nitrogens with one attached hydrogen (secondary N) is 1. The number of nitrogens with zero attached hydrogens (tertiary/aromatic N) is 1. The maximum absolute atomic E-state index is 11.4. The molecule has 0 saturated carbocycles. The fourth-order valence-corrected chi connectivity index (χ4v) is 2.35. The molecule has 1 amide bonds. The second-order valence-corrected chi connectivity index (χ2v) is 3.88. The van der Waals surface area contributed by atoms with Crippen LogP contribution in [0.3, 0.4) is 0 Å². The first-order valence-corrected chi connectivity index (χ1v) is 4.34. The summed E-state index contributed by atoms with van der Waals surface area (Å²) in [6, 6.07) is 0.267. The number of carbonyl (C=O) groups excluding carboxylic acids is 1. The van der Waals surface area contributed by atoms with Crippen molar-refractivity contribution in [2.75, 3.05) is 26.7 Å². The van der Waals surface area contributed by atoms with Crippen molar-refractivity contribution >= 4 is 5.91 Å². The Balaban J connectivity index is 2.22. The van der Waals surface area contributed by atoms with Crippen LogP contribution >= 0.6 is 0 Å². The molecule has 3 heteroatoms. The molecule has 1 unspecified atom stereocenters. The highest BCUT2D eigenvalue weighted by atomic mass is 16.2. The van der Waals surface area contributed by atoms with Crippen molar-refractivity contribution in [1.82, 2.24) is 5.32 Å². The van der Waals surface area contributed by atoms with E-state index in [1.54, 1.807) is 0 Å². The number of rotatable bonds is 0. The lowest BCUT2D eigenvalue weighted by Gasteiger charge is -2.38. The van der Waals surface area contributed by atoms with Gasteiger partial charge in [-0.1, -0.05) is 0 Å². The number of likely N-dealkylation sites (N-methyl/N-ethyl adjacent to an activating group) is 1. The Morgan fingerprint density at radius 3 is 3.09 bits per heavy atom. The second kappa shape index (κ2) is 2.21. The number of quaternary nitrogens is 1. The van der Waals surface area contributed by atoms with E-state index in [9.17, 15) is 4.79 Å². The third-order valence-electron chi connectivity index (χ3n) is 3.12. The smallest absolute Gasteiger partial charge is 0.278 e. The van der Waals surface area contributed by atoms with Crippen molar-refractivity contribution in [3.8, 4) is 0 Å². The molecule has 2 atom stereocenters. The molecule has 11 heavy (non-hydrogen) atoms. The molecule has 0 spiro atoms. The normalized spacial score (nSPS) is 43.4. The monoisotopic (exact) mass is 155 g/mol. The van der Waals surface area contributed by atoms with E-state index in [2.05, 4.69) is 12.4 Å². The van der Waals surface area contributed by atoms with Gasteiger partial charge >= 0.3 is 0 Å². The fraction of sp³-hybridized carbons (Fsp3) is 0.875. The molecule has 2 aliphatic rings. The zero-order valence-electron chi connectivity index (χ0n) is 6.97. The van der Waals surface area contributed by atoms with Crippen LogP contribution < -0.4 is 5.32 Å². The summed E-state index contributed by atoms with van der Waals surface area (Å²) in [5.41, 5.74) is 0. The number of fused-ring (bicyclic) bond motifs is 1. The highest BCUT2D eigenvalue weighted by Crippen LogP contribution is 2.26. The summed E-state index contributed by atoms with van der Waals surface area (Å²) >= 11 is 0. The quantitative estimate of drug-likeness (QED) is 0.479. The molecular weight excluding hydrogens is 140 g/mol. The van der Waals surface area contributed by atoms with Gasteiger partial charge in [0.25, 0.3) is 5.91 Å². The molecule has 2 heterocycles. The van der Waals surface area contributed by atoms with E-state index < -0.39 is 0 Å².